The van der Waals surface area contributed by atoms with Crippen LogP contribution in [0.2, 0.25) is 5.02 Å². The molecular formula is C6H5ClFNO. The van der Waals surface area contributed by atoms with Gasteiger partial charge in [0.15, 0.2) is 0 Å². The van der Waals surface area contributed by atoms with Gasteiger partial charge in [0.25, 0.3) is 0 Å². The van der Waals surface area contributed by atoms with Crippen molar-refractivity contribution in [2.45, 2.75) is 0 Å². The number of pyridine rings is 1. The van der Waals surface area contributed by atoms with Crippen LogP contribution in [0.25, 0.3) is 0 Å². The maximum Gasteiger partial charge on any atom is 0.234 e. The molecule has 0 spiro atoms. The normalized spacial score (nSPS) is 9.50. The van der Waals surface area contributed by atoms with Crippen LogP contribution in [-0.2, 0) is 0 Å². The third-order valence-corrected chi connectivity index (χ3v) is 1.26. The summed E-state index contributed by atoms with van der Waals surface area (Å²) >= 11 is 5.54. The summed E-state index contributed by atoms with van der Waals surface area (Å²) in [7, 11) is 1.38. The summed E-state index contributed by atoms with van der Waals surface area (Å²) in [5.41, 5.74) is 0. The van der Waals surface area contributed by atoms with Gasteiger partial charge in [-0.05, 0) is 12.1 Å². The molecule has 2 nitrogen and oxygen atoms in total. The lowest BCUT2D eigenvalue weighted by molar-refractivity contribution is 0.387. The molecule has 54 valence electrons. The number of methoxy groups -OCH3 is 1. The second-order valence-corrected chi connectivity index (χ2v) is 2.03. The van der Waals surface area contributed by atoms with Gasteiger partial charge in [0.2, 0.25) is 11.8 Å². The summed E-state index contributed by atoms with van der Waals surface area (Å²) < 4.78 is 16.9. The molecule has 0 amide bonds. The minimum atomic E-state index is -0.596. The predicted octanol–water partition coefficient (Wildman–Crippen LogP) is 1.88. The lowest BCUT2D eigenvalue weighted by Crippen LogP contribution is -1.90. The molecule has 4 heteroatoms. The fourth-order valence-electron chi connectivity index (χ4n) is 0.544. The summed E-state index contributed by atoms with van der Waals surface area (Å²) in [6, 6.07) is 2.56. The summed E-state index contributed by atoms with van der Waals surface area (Å²) in [5, 5.41) is 0.309. The average Bonchev–Trinajstić information content (AvgIpc) is 1.94. The van der Waals surface area contributed by atoms with Gasteiger partial charge in [-0.15, -0.1) is 0 Å². The Labute approximate surface area is 62.6 Å². The minimum Gasteiger partial charge on any atom is -0.480 e. The van der Waals surface area contributed by atoms with E-state index in [4.69, 9.17) is 11.6 Å². The highest BCUT2D eigenvalue weighted by Crippen LogP contribution is 2.20. The van der Waals surface area contributed by atoms with E-state index in [2.05, 4.69) is 9.72 Å². The van der Waals surface area contributed by atoms with Gasteiger partial charge in [-0.3, -0.25) is 0 Å². The van der Waals surface area contributed by atoms with Crippen LogP contribution in [0.5, 0.6) is 5.88 Å². The average molecular weight is 162 g/mol. The topological polar surface area (TPSA) is 22.1 Å². The summed E-state index contributed by atoms with van der Waals surface area (Å²) in [6.07, 6.45) is 0. The SMILES string of the molecule is COc1nc(F)ccc1Cl. The summed E-state index contributed by atoms with van der Waals surface area (Å²) in [6.45, 7) is 0. The van der Waals surface area contributed by atoms with Crippen LogP contribution >= 0.6 is 11.6 Å². The standard InChI is InChI=1S/C6H5ClFNO/c1-10-6-4(7)2-3-5(8)9-6/h2-3H,1H3. The largest absolute Gasteiger partial charge is 0.480 e. The highest BCUT2D eigenvalue weighted by molar-refractivity contribution is 6.31. The molecule has 0 bridgehead atoms. The van der Waals surface area contributed by atoms with Crippen LogP contribution in [0.4, 0.5) is 4.39 Å². The molecule has 0 aromatic carbocycles. The maximum atomic E-state index is 12.3. The first-order valence-corrected chi connectivity index (χ1v) is 2.98. The van der Waals surface area contributed by atoms with Gasteiger partial charge < -0.3 is 4.74 Å². The van der Waals surface area contributed by atoms with E-state index in [9.17, 15) is 4.39 Å². The van der Waals surface area contributed by atoms with E-state index in [0.29, 0.717) is 5.02 Å². The van der Waals surface area contributed by atoms with E-state index in [0.717, 1.165) is 0 Å². The molecule has 1 rings (SSSR count). The Balaban J connectivity index is 3.09. The van der Waals surface area contributed by atoms with Crippen molar-refractivity contribution in [3.05, 3.63) is 23.1 Å². The Hall–Kier alpha value is -0.830. The Morgan fingerprint density at radius 3 is 2.80 bits per heavy atom. The fourth-order valence-corrected chi connectivity index (χ4v) is 0.726. The van der Waals surface area contributed by atoms with E-state index in [-0.39, 0.29) is 5.88 Å². The van der Waals surface area contributed by atoms with Crippen LogP contribution < -0.4 is 4.74 Å². The number of rotatable bonds is 1. The van der Waals surface area contributed by atoms with Gasteiger partial charge >= 0.3 is 0 Å². The molecule has 0 fully saturated rings. The number of hydrogen-bond acceptors (Lipinski definition) is 2. The molecule has 0 saturated heterocycles. The highest BCUT2D eigenvalue weighted by Gasteiger charge is 2.01. The molecular weight excluding hydrogens is 157 g/mol. The van der Waals surface area contributed by atoms with E-state index < -0.39 is 5.95 Å². The van der Waals surface area contributed by atoms with Crippen molar-refractivity contribution in [2.75, 3.05) is 7.11 Å². The molecule has 1 heterocycles. The zero-order chi connectivity index (χ0) is 7.56. The third-order valence-electron chi connectivity index (χ3n) is 0.973. The van der Waals surface area contributed by atoms with Gasteiger partial charge in [-0.2, -0.15) is 9.37 Å². The molecule has 0 aliphatic rings. The summed E-state index contributed by atoms with van der Waals surface area (Å²) in [4.78, 5) is 3.37. The van der Waals surface area contributed by atoms with Gasteiger partial charge in [0.1, 0.15) is 5.02 Å². The second-order valence-electron chi connectivity index (χ2n) is 1.63. The van der Waals surface area contributed by atoms with E-state index >= 15 is 0 Å². The molecule has 0 saturated carbocycles. The van der Waals surface area contributed by atoms with Gasteiger partial charge in [0, 0.05) is 0 Å². The Morgan fingerprint density at radius 1 is 1.60 bits per heavy atom. The first kappa shape index (κ1) is 7.28. The van der Waals surface area contributed by atoms with Crippen molar-refractivity contribution in [3.8, 4) is 5.88 Å². The first-order valence-electron chi connectivity index (χ1n) is 2.60. The number of nitrogens with zero attached hydrogens (tertiary/aromatic N) is 1. The Kier molecular flexibility index (Phi) is 2.06. The zero-order valence-corrected chi connectivity index (χ0v) is 6.02. The number of halogens is 2. The molecule has 1 aromatic heterocycles. The lowest BCUT2D eigenvalue weighted by Gasteiger charge is -1.98. The maximum absolute atomic E-state index is 12.3. The molecule has 10 heavy (non-hydrogen) atoms. The fraction of sp³-hybridized carbons (Fsp3) is 0.167. The number of aromatic nitrogens is 1. The van der Waals surface area contributed by atoms with Crippen LogP contribution in [0.3, 0.4) is 0 Å². The van der Waals surface area contributed by atoms with Crippen molar-refractivity contribution in [3.63, 3.8) is 0 Å². The van der Waals surface area contributed by atoms with Crippen LogP contribution in [0, 0.1) is 5.95 Å². The smallest absolute Gasteiger partial charge is 0.234 e. The Bertz CT molecular complexity index is 241. The minimum absolute atomic E-state index is 0.113. The van der Waals surface area contributed by atoms with E-state index in [1.807, 2.05) is 0 Å². The monoisotopic (exact) mass is 161 g/mol. The van der Waals surface area contributed by atoms with Crippen molar-refractivity contribution in [1.29, 1.82) is 0 Å². The third kappa shape index (κ3) is 1.36. The first-order chi connectivity index (χ1) is 4.74. The zero-order valence-electron chi connectivity index (χ0n) is 5.27. The highest BCUT2D eigenvalue weighted by atomic mass is 35.5. The number of hydrogen-bond donors (Lipinski definition) is 0. The van der Waals surface area contributed by atoms with Gasteiger partial charge in [-0.25, -0.2) is 0 Å². The van der Waals surface area contributed by atoms with Crippen molar-refractivity contribution in [2.24, 2.45) is 0 Å². The molecule has 0 aliphatic heterocycles. The Morgan fingerprint density at radius 2 is 2.30 bits per heavy atom. The molecule has 0 atom stereocenters. The van der Waals surface area contributed by atoms with Crippen molar-refractivity contribution < 1.29 is 9.13 Å². The number of ether oxygens (including phenoxy) is 1. The van der Waals surface area contributed by atoms with Crippen molar-refractivity contribution in [1.82, 2.24) is 4.98 Å². The van der Waals surface area contributed by atoms with Gasteiger partial charge in [-0.1, -0.05) is 11.6 Å². The molecule has 1 aromatic rings. The predicted molar refractivity (Wildman–Crippen MR) is 35.8 cm³/mol. The van der Waals surface area contributed by atoms with Crippen LogP contribution in [0.15, 0.2) is 12.1 Å². The van der Waals surface area contributed by atoms with E-state index in [1.54, 1.807) is 0 Å². The molecule has 0 aliphatic carbocycles. The van der Waals surface area contributed by atoms with Gasteiger partial charge in [0.05, 0.1) is 7.11 Å². The molecule has 0 radical (unpaired) electrons. The summed E-state index contributed by atoms with van der Waals surface area (Å²) in [5.74, 6) is -0.483. The van der Waals surface area contributed by atoms with Crippen molar-refractivity contribution >= 4 is 11.6 Å². The van der Waals surface area contributed by atoms with Crippen LogP contribution in [-0.4, -0.2) is 12.1 Å². The molecule has 0 unspecified atom stereocenters. The molecule has 0 N–H and O–H groups in total. The van der Waals surface area contributed by atoms with E-state index in [1.165, 1.54) is 19.2 Å². The quantitative estimate of drug-likeness (QED) is 0.587. The van der Waals surface area contributed by atoms with Crippen LogP contribution in [0.1, 0.15) is 0 Å². The lowest BCUT2D eigenvalue weighted by atomic mass is 10.5. The second kappa shape index (κ2) is 2.84.